The summed E-state index contributed by atoms with van der Waals surface area (Å²) in [6, 6.07) is 2.46. The fourth-order valence-electron chi connectivity index (χ4n) is 2.01. The van der Waals surface area contributed by atoms with Gasteiger partial charge in [0.25, 0.3) is 0 Å². The molecule has 1 aromatic rings. The fraction of sp³-hybridized carbons (Fsp3) is 0.462. The predicted octanol–water partition coefficient (Wildman–Crippen LogP) is 1.09. The van der Waals surface area contributed by atoms with Crippen LogP contribution in [-0.2, 0) is 9.53 Å². The number of pyridine rings is 1. The van der Waals surface area contributed by atoms with E-state index in [9.17, 15) is 9.59 Å². The van der Waals surface area contributed by atoms with Crippen molar-refractivity contribution in [2.45, 2.75) is 13.0 Å². The molecule has 1 aromatic heterocycles. The third-order valence-electron chi connectivity index (χ3n) is 3.11. The van der Waals surface area contributed by atoms with Crippen molar-refractivity contribution in [3.05, 3.63) is 22.8 Å². The van der Waals surface area contributed by atoms with E-state index in [0.717, 1.165) is 0 Å². The zero-order valence-corrected chi connectivity index (χ0v) is 12.3. The van der Waals surface area contributed by atoms with Crippen LogP contribution >= 0.6 is 11.6 Å². The number of ether oxygens (including phenoxy) is 1. The maximum Gasteiger partial charge on any atom is 0.356 e. The van der Waals surface area contributed by atoms with E-state index in [2.05, 4.69) is 10.3 Å². The number of halogens is 1. The molecule has 0 bridgehead atoms. The molecule has 0 saturated carbocycles. The van der Waals surface area contributed by atoms with Crippen molar-refractivity contribution in [2.75, 3.05) is 31.6 Å². The van der Waals surface area contributed by atoms with Crippen molar-refractivity contribution in [3.8, 4) is 0 Å². The number of carboxylic acids is 1. The van der Waals surface area contributed by atoms with E-state index in [4.69, 9.17) is 21.4 Å². The van der Waals surface area contributed by atoms with Gasteiger partial charge in [-0.25, -0.2) is 9.78 Å². The smallest absolute Gasteiger partial charge is 0.356 e. The molecule has 1 amide bonds. The van der Waals surface area contributed by atoms with Crippen LogP contribution in [0.1, 0.15) is 17.4 Å². The lowest BCUT2D eigenvalue weighted by Gasteiger charge is -2.29. The van der Waals surface area contributed by atoms with Gasteiger partial charge in [-0.1, -0.05) is 11.6 Å². The van der Waals surface area contributed by atoms with Gasteiger partial charge < -0.3 is 20.1 Å². The minimum atomic E-state index is -1.21. The Bertz CT molecular complexity index is 546. The first kappa shape index (κ1) is 15.5. The van der Waals surface area contributed by atoms with Crippen molar-refractivity contribution in [3.63, 3.8) is 0 Å². The van der Waals surface area contributed by atoms with E-state index in [1.54, 1.807) is 11.8 Å². The van der Waals surface area contributed by atoms with Crippen molar-refractivity contribution >= 4 is 29.3 Å². The molecule has 1 saturated heterocycles. The highest BCUT2D eigenvalue weighted by molar-refractivity contribution is 6.33. The molecule has 2 heterocycles. The number of rotatable bonds is 4. The Morgan fingerprint density at radius 2 is 2.10 bits per heavy atom. The Hall–Kier alpha value is -1.86. The van der Waals surface area contributed by atoms with Gasteiger partial charge in [0.15, 0.2) is 5.69 Å². The summed E-state index contributed by atoms with van der Waals surface area (Å²) in [7, 11) is 0. The van der Waals surface area contributed by atoms with E-state index in [-0.39, 0.29) is 16.6 Å². The van der Waals surface area contributed by atoms with Gasteiger partial charge in [0.05, 0.1) is 18.2 Å². The van der Waals surface area contributed by atoms with Crippen molar-refractivity contribution in [1.82, 2.24) is 9.88 Å². The largest absolute Gasteiger partial charge is 0.476 e. The summed E-state index contributed by atoms with van der Waals surface area (Å²) >= 11 is 5.75. The van der Waals surface area contributed by atoms with Crippen LogP contribution in [0, 0.1) is 0 Å². The van der Waals surface area contributed by atoms with E-state index in [0.29, 0.717) is 32.1 Å². The Labute approximate surface area is 126 Å². The summed E-state index contributed by atoms with van der Waals surface area (Å²) in [4.78, 5) is 28.8. The van der Waals surface area contributed by atoms with Crippen molar-refractivity contribution in [2.24, 2.45) is 0 Å². The highest BCUT2D eigenvalue weighted by atomic mass is 35.5. The molecule has 0 aromatic carbocycles. The van der Waals surface area contributed by atoms with Crippen LogP contribution in [0.3, 0.4) is 0 Å². The van der Waals surface area contributed by atoms with Crippen molar-refractivity contribution < 1.29 is 19.4 Å². The summed E-state index contributed by atoms with van der Waals surface area (Å²) in [6.45, 7) is 3.87. The maximum atomic E-state index is 12.2. The predicted molar refractivity (Wildman–Crippen MR) is 76.7 cm³/mol. The van der Waals surface area contributed by atoms with Crippen LogP contribution in [0.15, 0.2) is 12.1 Å². The van der Waals surface area contributed by atoms with Gasteiger partial charge in [-0.05, 0) is 19.1 Å². The standard InChI is InChI=1S/C13H16ClN3O4/c1-8(12(18)17-4-6-21-7-5-17)15-10-3-2-9(14)11(16-10)13(19)20/h2-3,8H,4-7H2,1H3,(H,15,16)(H,19,20). The fourth-order valence-corrected chi connectivity index (χ4v) is 2.20. The van der Waals surface area contributed by atoms with Gasteiger partial charge in [0.2, 0.25) is 5.91 Å². The van der Waals surface area contributed by atoms with Gasteiger partial charge in [-0.15, -0.1) is 0 Å². The first-order valence-electron chi connectivity index (χ1n) is 6.52. The average molecular weight is 314 g/mol. The number of anilines is 1. The summed E-state index contributed by atoms with van der Waals surface area (Å²) in [6.07, 6.45) is 0. The molecule has 21 heavy (non-hydrogen) atoms. The monoisotopic (exact) mass is 313 g/mol. The Kier molecular flexibility index (Phi) is 4.98. The van der Waals surface area contributed by atoms with Gasteiger partial charge >= 0.3 is 5.97 Å². The Morgan fingerprint density at radius 1 is 1.43 bits per heavy atom. The number of aromatic carboxylic acids is 1. The third kappa shape index (κ3) is 3.83. The summed E-state index contributed by atoms with van der Waals surface area (Å²) in [5.41, 5.74) is -0.243. The minimum absolute atomic E-state index is 0.0557. The molecule has 2 rings (SSSR count). The number of hydrogen-bond donors (Lipinski definition) is 2. The third-order valence-corrected chi connectivity index (χ3v) is 3.41. The summed E-state index contributed by atoms with van der Waals surface area (Å²) in [5.74, 6) is -0.992. The Morgan fingerprint density at radius 3 is 2.71 bits per heavy atom. The maximum absolute atomic E-state index is 12.2. The number of carbonyl (C=O) groups is 2. The lowest BCUT2D eigenvalue weighted by atomic mass is 10.2. The number of carbonyl (C=O) groups excluding carboxylic acids is 1. The van der Waals surface area contributed by atoms with Gasteiger partial charge in [-0.2, -0.15) is 0 Å². The molecule has 7 nitrogen and oxygen atoms in total. The second-order valence-electron chi connectivity index (χ2n) is 4.64. The van der Waals surface area contributed by atoms with Gasteiger partial charge in [0, 0.05) is 13.1 Å². The molecule has 1 unspecified atom stereocenters. The van der Waals surface area contributed by atoms with Crippen LogP contribution in [0.5, 0.6) is 0 Å². The average Bonchev–Trinajstić information content (AvgIpc) is 2.49. The van der Waals surface area contributed by atoms with Crippen LogP contribution < -0.4 is 5.32 Å². The second-order valence-corrected chi connectivity index (χ2v) is 5.04. The van der Waals surface area contributed by atoms with Crippen LogP contribution in [0.2, 0.25) is 5.02 Å². The topological polar surface area (TPSA) is 91.8 Å². The second kappa shape index (κ2) is 6.73. The molecule has 0 aliphatic carbocycles. The SMILES string of the molecule is CC(Nc1ccc(Cl)c(C(=O)O)n1)C(=O)N1CCOCC1. The van der Waals surface area contributed by atoms with Crippen molar-refractivity contribution in [1.29, 1.82) is 0 Å². The molecule has 1 fully saturated rings. The molecule has 0 radical (unpaired) electrons. The number of morpholine rings is 1. The molecule has 114 valence electrons. The number of carboxylic acid groups (broad SMARTS) is 1. The van der Waals surface area contributed by atoms with E-state index in [1.165, 1.54) is 12.1 Å². The van der Waals surface area contributed by atoms with E-state index >= 15 is 0 Å². The number of nitrogens with zero attached hydrogens (tertiary/aromatic N) is 2. The number of amides is 1. The highest BCUT2D eigenvalue weighted by Gasteiger charge is 2.23. The van der Waals surface area contributed by atoms with Gasteiger partial charge in [0.1, 0.15) is 11.9 Å². The lowest BCUT2D eigenvalue weighted by molar-refractivity contribution is -0.135. The molecule has 8 heteroatoms. The Balaban J connectivity index is 2.05. The zero-order chi connectivity index (χ0) is 15.4. The van der Waals surface area contributed by atoms with Crippen LogP contribution in [-0.4, -0.2) is 59.2 Å². The number of aromatic nitrogens is 1. The van der Waals surface area contributed by atoms with Crippen LogP contribution in [0.4, 0.5) is 5.82 Å². The molecule has 1 aliphatic heterocycles. The lowest BCUT2D eigenvalue weighted by Crippen LogP contribution is -2.47. The molecular weight excluding hydrogens is 298 g/mol. The molecule has 2 N–H and O–H groups in total. The summed E-state index contributed by atoms with van der Waals surface area (Å²) < 4.78 is 5.20. The highest BCUT2D eigenvalue weighted by Crippen LogP contribution is 2.17. The molecule has 1 aliphatic rings. The van der Waals surface area contributed by atoms with E-state index < -0.39 is 12.0 Å². The zero-order valence-electron chi connectivity index (χ0n) is 11.5. The molecule has 1 atom stereocenters. The summed E-state index contributed by atoms with van der Waals surface area (Å²) in [5, 5.41) is 11.9. The normalized spacial score (nSPS) is 16.4. The quantitative estimate of drug-likeness (QED) is 0.864. The van der Waals surface area contributed by atoms with Crippen LogP contribution in [0.25, 0.3) is 0 Å². The minimum Gasteiger partial charge on any atom is -0.476 e. The molecule has 0 spiro atoms. The first-order valence-corrected chi connectivity index (χ1v) is 6.89. The van der Waals surface area contributed by atoms with Gasteiger partial charge in [-0.3, -0.25) is 4.79 Å². The molecular formula is C13H16ClN3O4. The number of hydrogen-bond acceptors (Lipinski definition) is 5. The first-order chi connectivity index (χ1) is 9.99. The van der Waals surface area contributed by atoms with E-state index in [1.807, 2.05) is 0 Å². The number of nitrogens with one attached hydrogen (secondary N) is 1.